The molecule has 3 aliphatic rings. The molecule has 0 aliphatic carbocycles. The van der Waals surface area contributed by atoms with Crippen molar-refractivity contribution in [2.75, 3.05) is 26.7 Å². The van der Waals surface area contributed by atoms with Gasteiger partial charge in [0, 0.05) is 49.8 Å². The Morgan fingerprint density at radius 1 is 1.24 bits per heavy atom. The average molecular weight is 469 g/mol. The summed E-state index contributed by atoms with van der Waals surface area (Å²) in [6.07, 6.45) is 2.42. The first-order valence-corrected chi connectivity index (χ1v) is 12.1. The van der Waals surface area contributed by atoms with Crippen molar-refractivity contribution in [3.63, 3.8) is 0 Å². The number of carbonyl (C=O) groups excluding carboxylic acids is 1. The number of aromatic nitrogens is 2. The molecule has 2 N–H and O–H groups in total. The summed E-state index contributed by atoms with van der Waals surface area (Å²) in [5.41, 5.74) is 2.77. The molecule has 0 saturated carbocycles. The molecular weight excluding hydrogens is 432 g/mol. The monoisotopic (exact) mass is 468 g/mol. The fourth-order valence-corrected chi connectivity index (χ4v) is 5.62. The summed E-state index contributed by atoms with van der Waals surface area (Å²) in [5, 5.41) is 16.9. The molecule has 3 aliphatic heterocycles. The molecule has 4 heterocycles. The van der Waals surface area contributed by atoms with Gasteiger partial charge in [-0.15, -0.1) is 0 Å². The van der Waals surface area contributed by atoms with E-state index in [-0.39, 0.29) is 18.7 Å². The standard InChI is InChI=1S/C26H36N4O4/c1-26(2,14-25(32)33)13-24(31)27-15-19-11-18-9-10-30(19)16-21(18)23-12-22(28-29(23)3)17-5-7-20(34-4)8-6-17/h5-8,12,18-19,21H,9-11,13-16H2,1-4H3,(H,27,31)(H,32,33). The number of nitrogens with one attached hydrogen (secondary N) is 1. The fourth-order valence-electron chi connectivity index (χ4n) is 5.62. The van der Waals surface area contributed by atoms with Gasteiger partial charge in [-0.25, -0.2) is 0 Å². The van der Waals surface area contributed by atoms with E-state index < -0.39 is 11.4 Å². The molecule has 0 radical (unpaired) electrons. The summed E-state index contributed by atoms with van der Waals surface area (Å²) >= 11 is 0. The predicted molar refractivity (Wildman–Crippen MR) is 130 cm³/mol. The highest BCUT2D eigenvalue weighted by atomic mass is 16.5. The zero-order chi connectivity index (χ0) is 24.5. The van der Waals surface area contributed by atoms with Crippen LogP contribution in [0.15, 0.2) is 30.3 Å². The van der Waals surface area contributed by atoms with Crippen LogP contribution in [0.25, 0.3) is 11.3 Å². The maximum absolute atomic E-state index is 12.5. The van der Waals surface area contributed by atoms with E-state index in [2.05, 4.69) is 16.3 Å². The van der Waals surface area contributed by atoms with E-state index in [0.29, 0.717) is 24.4 Å². The van der Waals surface area contributed by atoms with Gasteiger partial charge in [0.25, 0.3) is 0 Å². The highest BCUT2D eigenvalue weighted by Gasteiger charge is 2.42. The lowest BCUT2D eigenvalue weighted by atomic mass is 9.74. The van der Waals surface area contributed by atoms with Crippen molar-refractivity contribution in [3.05, 3.63) is 36.0 Å². The number of aryl methyl sites for hydroxylation is 1. The number of fused-ring (bicyclic) bond motifs is 3. The third-order valence-corrected chi connectivity index (χ3v) is 7.36. The van der Waals surface area contributed by atoms with Crippen LogP contribution in [0.3, 0.4) is 0 Å². The van der Waals surface area contributed by atoms with E-state index in [0.717, 1.165) is 42.9 Å². The predicted octanol–water partition coefficient (Wildman–Crippen LogP) is 3.28. The third kappa shape index (κ3) is 5.43. The lowest BCUT2D eigenvalue weighted by Gasteiger charge is -2.50. The number of ether oxygens (including phenoxy) is 1. The quantitative estimate of drug-likeness (QED) is 0.586. The van der Waals surface area contributed by atoms with E-state index >= 15 is 0 Å². The molecule has 2 bridgehead atoms. The van der Waals surface area contributed by atoms with Crippen LogP contribution >= 0.6 is 0 Å². The molecule has 1 aromatic heterocycles. The van der Waals surface area contributed by atoms with Gasteiger partial charge in [-0.1, -0.05) is 13.8 Å². The highest BCUT2D eigenvalue weighted by Crippen LogP contribution is 2.42. The molecule has 3 fully saturated rings. The normalized spacial score (nSPS) is 24.1. The van der Waals surface area contributed by atoms with Crippen molar-refractivity contribution in [1.82, 2.24) is 20.0 Å². The summed E-state index contributed by atoms with van der Waals surface area (Å²) in [5.74, 6) is 0.890. The second-order valence-electron chi connectivity index (χ2n) is 10.6. The molecule has 4 unspecified atom stereocenters. The zero-order valence-corrected chi connectivity index (χ0v) is 20.6. The van der Waals surface area contributed by atoms with Gasteiger partial charge in [-0.05, 0) is 61.1 Å². The van der Waals surface area contributed by atoms with Crippen LogP contribution in [-0.4, -0.2) is 64.4 Å². The Morgan fingerprint density at radius 2 is 1.97 bits per heavy atom. The SMILES string of the molecule is COc1ccc(-c2cc(C3CN4CCC3CC4CNC(=O)CC(C)(C)CC(=O)O)n(C)n2)cc1. The maximum Gasteiger partial charge on any atom is 0.303 e. The van der Waals surface area contributed by atoms with Crippen LogP contribution in [0.1, 0.15) is 51.1 Å². The number of methoxy groups -OCH3 is 1. The Balaban J connectivity index is 1.36. The van der Waals surface area contributed by atoms with E-state index in [1.165, 1.54) is 5.69 Å². The Hall–Kier alpha value is -2.87. The molecule has 1 aromatic carbocycles. The summed E-state index contributed by atoms with van der Waals surface area (Å²) < 4.78 is 7.29. The van der Waals surface area contributed by atoms with E-state index in [4.69, 9.17) is 14.9 Å². The molecule has 184 valence electrons. The molecule has 5 rings (SSSR count). The fraction of sp³-hybridized carbons (Fsp3) is 0.577. The number of benzene rings is 1. The number of nitrogens with zero attached hydrogens (tertiary/aromatic N) is 3. The van der Waals surface area contributed by atoms with Crippen LogP contribution in [-0.2, 0) is 16.6 Å². The summed E-state index contributed by atoms with van der Waals surface area (Å²) in [4.78, 5) is 26.0. The highest BCUT2D eigenvalue weighted by molar-refractivity contribution is 5.78. The lowest BCUT2D eigenvalue weighted by molar-refractivity contribution is -0.139. The third-order valence-electron chi connectivity index (χ3n) is 7.36. The van der Waals surface area contributed by atoms with Gasteiger partial charge < -0.3 is 15.2 Å². The molecule has 8 nitrogen and oxygen atoms in total. The minimum Gasteiger partial charge on any atom is -0.497 e. The van der Waals surface area contributed by atoms with Crippen LogP contribution in [0.4, 0.5) is 0 Å². The molecule has 3 saturated heterocycles. The smallest absolute Gasteiger partial charge is 0.303 e. The number of carboxylic acid groups (broad SMARTS) is 1. The van der Waals surface area contributed by atoms with Crippen LogP contribution in [0.5, 0.6) is 5.75 Å². The number of rotatable bonds is 9. The minimum atomic E-state index is -0.871. The minimum absolute atomic E-state index is 0.0110. The van der Waals surface area contributed by atoms with Crippen LogP contribution in [0.2, 0.25) is 0 Å². The zero-order valence-electron chi connectivity index (χ0n) is 20.6. The van der Waals surface area contributed by atoms with Gasteiger partial charge >= 0.3 is 5.97 Å². The molecular formula is C26H36N4O4. The Kier molecular flexibility index (Phi) is 6.98. The Labute approximate surface area is 201 Å². The van der Waals surface area contributed by atoms with E-state index in [1.807, 2.05) is 49.8 Å². The molecule has 34 heavy (non-hydrogen) atoms. The van der Waals surface area contributed by atoms with Gasteiger partial charge in [-0.2, -0.15) is 5.10 Å². The van der Waals surface area contributed by atoms with Crippen molar-refractivity contribution in [2.24, 2.45) is 18.4 Å². The Bertz CT molecular complexity index is 1030. The second kappa shape index (κ2) is 9.78. The van der Waals surface area contributed by atoms with Gasteiger partial charge in [0.05, 0.1) is 19.2 Å². The van der Waals surface area contributed by atoms with Crippen molar-refractivity contribution >= 4 is 11.9 Å². The van der Waals surface area contributed by atoms with Crippen LogP contribution in [0, 0.1) is 11.3 Å². The second-order valence-corrected chi connectivity index (χ2v) is 10.6. The van der Waals surface area contributed by atoms with Crippen molar-refractivity contribution in [1.29, 1.82) is 0 Å². The van der Waals surface area contributed by atoms with Gasteiger partial charge in [0.15, 0.2) is 0 Å². The number of hydrogen-bond acceptors (Lipinski definition) is 5. The van der Waals surface area contributed by atoms with Gasteiger partial charge in [0.2, 0.25) is 5.91 Å². The molecule has 4 atom stereocenters. The molecule has 1 amide bonds. The van der Waals surface area contributed by atoms with E-state index in [1.54, 1.807) is 7.11 Å². The first-order chi connectivity index (χ1) is 16.1. The number of piperidine rings is 3. The van der Waals surface area contributed by atoms with Crippen molar-refractivity contribution < 1.29 is 19.4 Å². The molecule has 8 heteroatoms. The number of aliphatic carboxylic acids is 1. The van der Waals surface area contributed by atoms with E-state index in [9.17, 15) is 9.59 Å². The first kappa shape index (κ1) is 24.3. The average Bonchev–Trinajstić information content (AvgIpc) is 3.18. The number of carboxylic acids is 1. The molecule has 0 spiro atoms. The summed E-state index contributed by atoms with van der Waals surface area (Å²) in [6.45, 7) is 6.29. The van der Waals surface area contributed by atoms with Gasteiger partial charge in [-0.3, -0.25) is 19.2 Å². The topological polar surface area (TPSA) is 96.7 Å². The summed E-state index contributed by atoms with van der Waals surface area (Å²) in [7, 11) is 3.69. The number of amides is 1. The van der Waals surface area contributed by atoms with Crippen LogP contribution < -0.4 is 10.1 Å². The molecule has 2 aromatic rings. The maximum atomic E-state index is 12.5. The largest absolute Gasteiger partial charge is 0.497 e. The Morgan fingerprint density at radius 3 is 2.59 bits per heavy atom. The van der Waals surface area contributed by atoms with Crippen molar-refractivity contribution in [2.45, 2.75) is 51.5 Å². The summed E-state index contributed by atoms with van der Waals surface area (Å²) in [6, 6.07) is 10.5. The lowest BCUT2D eigenvalue weighted by Crippen LogP contribution is -2.56. The first-order valence-electron chi connectivity index (χ1n) is 12.1. The van der Waals surface area contributed by atoms with Gasteiger partial charge in [0.1, 0.15) is 5.75 Å². The number of carbonyl (C=O) groups is 2. The van der Waals surface area contributed by atoms with Crippen molar-refractivity contribution in [3.8, 4) is 17.0 Å². The number of hydrogen-bond donors (Lipinski definition) is 2.